The van der Waals surface area contributed by atoms with E-state index >= 15 is 0 Å². The highest BCUT2D eigenvalue weighted by atomic mass is 32.2. The smallest absolute Gasteiger partial charge is 0.371 e. The first-order valence-corrected chi connectivity index (χ1v) is 6.59. The first-order valence-electron chi connectivity index (χ1n) is 5.65. The van der Waals surface area contributed by atoms with Crippen molar-refractivity contribution in [2.45, 2.75) is 43.1 Å². The third-order valence-corrected chi connectivity index (χ3v) is 4.43. The van der Waals surface area contributed by atoms with Gasteiger partial charge in [-0.15, -0.1) is 11.8 Å². The molecule has 1 aromatic heterocycles. The predicted molar refractivity (Wildman–Crippen MR) is 63.9 cm³/mol. The number of rotatable bonds is 4. The molecule has 0 aromatic carbocycles. The number of hydrogen-bond acceptors (Lipinski definition) is 3. The minimum atomic E-state index is -0.996. The zero-order chi connectivity index (χ0) is 11.5. The Hall–Kier alpha value is -0.900. The van der Waals surface area contributed by atoms with E-state index in [1.807, 2.05) is 11.8 Å². The fraction of sp³-hybridized carbons (Fsp3) is 0.583. The molecule has 0 bridgehead atoms. The molecule has 1 aromatic rings. The van der Waals surface area contributed by atoms with E-state index < -0.39 is 5.97 Å². The van der Waals surface area contributed by atoms with Gasteiger partial charge >= 0.3 is 5.97 Å². The fourth-order valence-corrected chi connectivity index (χ4v) is 3.51. The molecule has 1 heterocycles. The van der Waals surface area contributed by atoms with Gasteiger partial charge in [-0.2, -0.15) is 0 Å². The topological polar surface area (TPSA) is 50.4 Å². The molecular formula is C12H16O3S. The summed E-state index contributed by atoms with van der Waals surface area (Å²) in [5.41, 5.74) is 0. The van der Waals surface area contributed by atoms with E-state index in [0.29, 0.717) is 5.25 Å². The molecule has 2 rings (SSSR count). The molecule has 1 unspecified atom stereocenters. The van der Waals surface area contributed by atoms with Crippen molar-refractivity contribution in [3.05, 3.63) is 23.7 Å². The maximum atomic E-state index is 10.7. The summed E-state index contributed by atoms with van der Waals surface area (Å²) < 4.78 is 5.30. The number of carboxylic acids is 1. The molecule has 0 saturated heterocycles. The number of aromatic carboxylic acids is 1. The molecule has 0 radical (unpaired) electrons. The van der Waals surface area contributed by atoms with Crippen LogP contribution < -0.4 is 0 Å². The fourth-order valence-electron chi connectivity index (χ4n) is 2.07. The predicted octanol–water partition coefficient (Wildman–Crippen LogP) is 3.71. The van der Waals surface area contributed by atoms with Gasteiger partial charge in [-0.05, 0) is 31.9 Å². The van der Waals surface area contributed by atoms with E-state index in [-0.39, 0.29) is 11.0 Å². The Labute approximate surface area is 99.2 Å². The van der Waals surface area contributed by atoms with Crippen molar-refractivity contribution in [2.24, 2.45) is 0 Å². The monoisotopic (exact) mass is 240 g/mol. The third kappa shape index (κ3) is 2.61. The summed E-state index contributed by atoms with van der Waals surface area (Å²) >= 11 is 1.90. The Bertz CT molecular complexity index is 366. The van der Waals surface area contributed by atoms with Crippen molar-refractivity contribution in [1.82, 2.24) is 0 Å². The van der Waals surface area contributed by atoms with Gasteiger partial charge in [0.1, 0.15) is 5.76 Å². The molecule has 0 aliphatic heterocycles. The summed E-state index contributed by atoms with van der Waals surface area (Å²) in [6.45, 7) is 2.08. The Balaban J connectivity index is 1.96. The molecule has 1 aliphatic rings. The molecule has 88 valence electrons. The van der Waals surface area contributed by atoms with Gasteiger partial charge in [0.15, 0.2) is 0 Å². The van der Waals surface area contributed by atoms with Crippen LogP contribution in [-0.4, -0.2) is 16.3 Å². The van der Waals surface area contributed by atoms with Gasteiger partial charge in [0.2, 0.25) is 5.76 Å². The molecule has 0 spiro atoms. The van der Waals surface area contributed by atoms with Crippen molar-refractivity contribution in [2.75, 3.05) is 0 Å². The lowest BCUT2D eigenvalue weighted by atomic mass is 10.3. The van der Waals surface area contributed by atoms with Crippen LogP contribution >= 0.6 is 11.8 Å². The van der Waals surface area contributed by atoms with Gasteiger partial charge in [-0.3, -0.25) is 0 Å². The highest BCUT2D eigenvalue weighted by Gasteiger charge is 2.21. The first kappa shape index (κ1) is 11.6. The minimum Gasteiger partial charge on any atom is -0.475 e. The lowest BCUT2D eigenvalue weighted by Crippen LogP contribution is -1.98. The number of carboxylic acid groups (broad SMARTS) is 1. The maximum Gasteiger partial charge on any atom is 0.371 e. The van der Waals surface area contributed by atoms with Crippen molar-refractivity contribution in [1.29, 1.82) is 0 Å². The van der Waals surface area contributed by atoms with E-state index in [1.165, 1.54) is 31.7 Å². The summed E-state index contributed by atoms with van der Waals surface area (Å²) in [4.78, 5) is 10.7. The Morgan fingerprint density at radius 2 is 2.19 bits per heavy atom. The van der Waals surface area contributed by atoms with E-state index in [9.17, 15) is 4.79 Å². The average molecular weight is 240 g/mol. The summed E-state index contributed by atoms with van der Waals surface area (Å²) in [5, 5.41) is 9.73. The summed E-state index contributed by atoms with van der Waals surface area (Å²) in [5.74, 6) is -0.188. The Morgan fingerprint density at radius 1 is 1.50 bits per heavy atom. The summed E-state index contributed by atoms with van der Waals surface area (Å²) in [6.07, 6.45) is 5.20. The standard InChI is InChI=1S/C12H16O3S/c1-8(16-9-4-2-3-5-9)10-6-7-11(15-10)12(13)14/h6-9H,2-5H2,1H3,(H,13,14). The number of thioether (sulfide) groups is 1. The molecule has 0 amide bonds. The second-order valence-corrected chi connectivity index (χ2v) is 5.84. The maximum absolute atomic E-state index is 10.7. The molecule has 1 N–H and O–H groups in total. The third-order valence-electron chi connectivity index (χ3n) is 2.94. The van der Waals surface area contributed by atoms with Crippen LogP contribution in [0.5, 0.6) is 0 Å². The first-order chi connectivity index (χ1) is 7.66. The van der Waals surface area contributed by atoms with Gasteiger partial charge in [-0.25, -0.2) is 4.79 Å². The summed E-state index contributed by atoms with van der Waals surface area (Å²) in [7, 11) is 0. The van der Waals surface area contributed by atoms with Gasteiger partial charge in [0.25, 0.3) is 0 Å². The largest absolute Gasteiger partial charge is 0.475 e. The zero-order valence-corrected chi connectivity index (χ0v) is 10.1. The Morgan fingerprint density at radius 3 is 2.75 bits per heavy atom. The molecule has 3 nitrogen and oxygen atoms in total. The SMILES string of the molecule is CC(SC1CCCC1)c1ccc(C(=O)O)o1. The van der Waals surface area contributed by atoms with E-state index in [0.717, 1.165) is 5.76 Å². The normalized spacial score (nSPS) is 18.8. The number of furan rings is 1. The van der Waals surface area contributed by atoms with Crippen molar-refractivity contribution in [3.8, 4) is 0 Å². The van der Waals surface area contributed by atoms with E-state index in [4.69, 9.17) is 9.52 Å². The van der Waals surface area contributed by atoms with Gasteiger partial charge < -0.3 is 9.52 Å². The van der Waals surface area contributed by atoms with Crippen LogP contribution in [0.3, 0.4) is 0 Å². The highest BCUT2D eigenvalue weighted by Crippen LogP contribution is 2.39. The quantitative estimate of drug-likeness (QED) is 0.871. The van der Waals surface area contributed by atoms with Crippen LogP contribution in [0.2, 0.25) is 0 Å². The second-order valence-electron chi connectivity index (χ2n) is 4.19. The zero-order valence-electron chi connectivity index (χ0n) is 9.31. The van der Waals surface area contributed by atoms with Crippen LogP contribution in [0.15, 0.2) is 16.5 Å². The van der Waals surface area contributed by atoms with E-state index in [1.54, 1.807) is 6.07 Å². The van der Waals surface area contributed by atoms with Gasteiger partial charge in [0, 0.05) is 5.25 Å². The minimum absolute atomic E-state index is 0.0360. The van der Waals surface area contributed by atoms with Crippen molar-refractivity contribution < 1.29 is 14.3 Å². The lowest BCUT2D eigenvalue weighted by Gasteiger charge is -2.13. The van der Waals surface area contributed by atoms with Gasteiger partial charge in [-0.1, -0.05) is 12.8 Å². The van der Waals surface area contributed by atoms with Crippen LogP contribution in [0.4, 0.5) is 0 Å². The van der Waals surface area contributed by atoms with Crippen LogP contribution in [0.25, 0.3) is 0 Å². The Kier molecular flexibility index (Phi) is 3.59. The lowest BCUT2D eigenvalue weighted by molar-refractivity contribution is 0.0660. The average Bonchev–Trinajstić information content (AvgIpc) is 2.86. The molecule has 16 heavy (non-hydrogen) atoms. The van der Waals surface area contributed by atoms with Crippen LogP contribution in [0, 0.1) is 0 Å². The van der Waals surface area contributed by atoms with Crippen molar-refractivity contribution in [3.63, 3.8) is 0 Å². The molecule has 1 atom stereocenters. The molecule has 1 aliphatic carbocycles. The molecule has 4 heteroatoms. The van der Waals surface area contributed by atoms with Crippen LogP contribution in [-0.2, 0) is 0 Å². The van der Waals surface area contributed by atoms with E-state index in [2.05, 4.69) is 6.92 Å². The van der Waals surface area contributed by atoms with Crippen molar-refractivity contribution >= 4 is 17.7 Å². The number of hydrogen-bond donors (Lipinski definition) is 1. The second kappa shape index (κ2) is 4.95. The summed E-state index contributed by atoms with van der Waals surface area (Å²) in [6, 6.07) is 3.31. The molecule has 1 saturated carbocycles. The van der Waals surface area contributed by atoms with Gasteiger partial charge in [0.05, 0.1) is 5.25 Å². The number of carbonyl (C=O) groups is 1. The molecular weight excluding hydrogens is 224 g/mol. The highest BCUT2D eigenvalue weighted by molar-refractivity contribution is 8.00. The molecule has 1 fully saturated rings. The van der Waals surface area contributed by atoms with Crippen LogP contribution in [0.1, 0.15) is 54.2 Å².